The molecule has 0 aromatic heterocycles. The summed E-state index contributed by atoms with van der Waals surface area (Å²) < 4.78 is 6.83. The third-order valence-electron chi connectivity index (χ3n) is 3.62. The van der Waals surface area contributed by atoms with Crippen molar-refractivity contribution in [2.45, 2.75) is 32.2 Å². The summed E-state index contributed by atoms with van der Waals surface area (Å²) in [4.78, 5) is 2.26. The Hall–Kier alpha value is -0.580. The topological polar surface area (TPSA) is 38.5 Å². The van der Waals surface area contributed by atoms with Crippen LogP contribution in [0.4, 0.5) is 5.69 Å². The average Bonchev–Trinajstić information content (AvgIpc) is 3.18. The number of nitrogens with two attached hydrogens (primary N) is 1. The zero-order valence-corrected chi connectivity index (χ0v) is 14.0. The van der Waals surface area contributed by atoms with Crippen molar-refractivity contribution in [2.24, 2.45) is 11.7 Å². The van der Waals surface area contributed by atoms with E-state index < -0.39 is 0 Å². The van der Waals surface area contributed by atoms with E-state index in [1.54, 1.807) is 0 Å². The summed E-state index contributed by atoms with van der Waals surface area (Å²) in [5.74, 6) is 0.835. The second kappa shape index (κ2) is 7.43. The monoisotopic (exact) mass is 340 g/mol. The van der Waals surface area contributed by atoms with Crippen LogP contribution in [-0.4, -0.2) is 32.8 Å². The molecule has 3 nitrogen and oxygen atoms in total. The number of likely N-dealkylation sites (N-methyl/N-ethyl adjacent to an activating group) is 1. The molecular weight excluding hydrogens is 316 g/mol. The smallest absolute Gasteiger partial charge is 0.0641 e. The lowest BCUT2D eigenvalue weighted by Gasteiger charge is -2.23. The second-order valence-electron chi connectivity index (χ2n) is 5.89. The summed E-state index contributed by atoms with van der Waals surface area (Å²) in [6.07, 6.45) is 3.59. The molecule has 1 unspecified atom stereocenters. The molecule has 0 radical (unpaired) electrons. The van der Waals surface area contributed by atoms with Crippen molar-refractivity contribution < 1.29 is 4.74 Å². The molecule has 1 aromatic rings. The van der Waals surface area contributed by atoms with Gasteiger partial charge in [-0.15, -0.1) is 0 Å². The largest absolute Gasteiger partial charge is 0.379 e. The summed E-state index contributed by atoms with van der Waals surface area (Å²) in [5, 5.41) is 0. The van der Waals surface area contributed by atoms with Crippen molar-refractivity contribution in [2.75, 3.05) is 31.7 Å². The van der Waals surface area contributed by atoms with Gasteiger partial charge in [-0.2, -0.15) is 0 Å². The van der Waals surface area contributed by atoms with E-state index in [0.717, 1.165) is 36.6 Å². The first-order valence-electron chi connectivity index (χ1n) is 7.39. The standard InChI is InChI=1S/C16H25BrN2O/c1-12(18)9-14-10-15(17)5-6-16(14)19(2)7-8-20-11-13-3-4-13/h5-6,10,12-13H,3-4,7-9,11,18H2,1-2H3. The fourth-order valence-corrected chi connectivity index (χ4v) is 2.70. The van der Waals surface area contributed by atoms with Crippen molar-refractivity contribution >= 4 is 21.6 Å². The van der Waals surface area contributed by atoms with E-state index in [1.807, 2.05) is 6.92 Å². The highest BCUT2D eigenvalue weighted by molar-refractivity contribution is 9.10. The summed E-state index contributed by atoms with van der Waals surface area (Å²) in [6, 6.07) is 6.58. The minimum atomic E-state index is 0.169. The lowest BCUT2D eigenvalue weighted by molar-refractivity contribution is 0.131. The maximum atomic E-state index is 5.95. The van der Waals surface area contributed by atoms with E-state index in [-0.39, 0.29) is 6.04 Å². The maximum absolute atomic E-state index is 5.95. The molecule has 2 N–H and O–H groups in total. The maximum Gasteiger partial charge on any atom is 0.0641 e. The molecule has 0 heterocycles. The minimum absolute atomic E-state index is 0.169. The van der Waals surface area contributed by atoms with Gasteiger partial charge in [-0.25, -0.2) is 0 Å². The van der Waals surface area contributed by atoms with E-state index in [1.165, 1.54) is 24.1 Å². The Bertz CT molecular complexity index is 432. The quantitative estimate of drug-likeness (QED) is 0.738. The summed E-state index contributed by atoms with van der Waals surface area (Å²) >= 11 is 3.54. The van der Waals surface area contributed by atoms with Crippen molar-refractivity contribution in [3.8, 4) is 0 Å². The van der Waals surface area contributed by atoms with E-state index in [4.69, 9.17) is 10.5 Å². The molecule has 1 aliphatic carbocycles. The van der Waals surface area contributed by atoms with Crippen LogP contribution in [-0.2, 0) is 11.2 Å². The van der Waals surface area contributed by atoms with Gasteiger partial charge in [0, 0.05) is 36.4 Å². The molecule has 4 heteroatoms. The van der Waals surface area contributed by atoms with E-state index >= 15 is 0 Å². The van der Waals surface area contributed by atoms with Gasteiger partial charge in [-0.05, 0) is 55.9 Å². The Kier molecular flexibility index (Phi) is 5.87. The Morgan fingerprint density at radius 3 is 2.85 bits per heavy atom. The normalized spacial score (nSPS) is 16.2. The molecule has 0 spiro atoms. The highest BCUT2D eigenvalue weighted by Gasteiger charge is 2.21. The van der Waals surface area contributed by atoms with Crippen molar-refractivity contribution in [3.63, 3.8) is 0 Å². The summed E-state index contributed by atoms with van der Waals surface area (Å²) in [6.45, 7) is 4.69. The van der Waals surface area contributed by atoms with Gasteiger partial charge in [0.2, 0.25) is 0 Å². The second-order valence-corrected chi connectivity index (χ2v) is 6.81. The first-order chi connectivity index (χ1) is 9.56. The molecular formula is C16H25BrN2O. The minimum Gasteiger partial charge on any atom is -0.379 e. The Labute approximate surface area is 130 Å². The SMILES string of the molecule is CC(N)Cc1cc(Br)ccc1N(C)CCOCC1CC1. The Morgan fingerprint density at radius 2 is 2.20 bits per heavy atom. The van der Waals surface area contributed by atoms with Crippen LogP contribution in [0, 0.1) is 5.92 Å². The van der Waals surface area contributed by atoms with Crippen molar-refractivity contribution in [3.05, 3.63) is 28.2 Å². The predicted octanol–water partition coefficient (Wildman–Crippen LogP) is 3.20. The van der Waals surface area contributed by atoms with Crippen LogP contribution in [0.15, 0.2) is 22.7 Å². The number of halogens is 1. The molecule has 1 atom stereocenters. The number of anilines is 1. The molecule has 0 aliphatic heterocycles. The number of hydrogen-bond acceptors (Lipinski definition) is 3. The van der Waals surface area contributed by atoms with Crippen LogP contribution >= 0.6 is 15.9 Å². The van der Waals surface area contributed by atoms with E-state index in [2.05, 4.69) is 46.1 Å². The molecule has 1 aromatic carbocycles. The number of rotatable bonds is 8. The van der Waals surface area contributed by atoms with Crippen LogP contribution in [0.5, 0.6) is 0 Å². The highest BCUT2D eigenvalue weighted by Crippen LogP contribution is 2.29. The zero-order valence-electron chi connectivity index (χ0n) is 12.4. The van der Waals surface area contributed by atoms with Crippen LogP contribution in [0.25, 0.3) is 0 Å². The molecule has 1 saturated carbocycles. The van der Waals surface area contributed by atoms with Crippen molar-refractivity contribution in [1.82, 2.24) is 0 Å². The molecule has 0 amide bonds. The lowest BCUT2D eigenvalue weighted by Crippen LogP contribution is -2.26. The Morgan fingerprint density at radius 1 is 1.45 bits per heavy atom. The zero-order chi connectivity index (χ0) is 14.5. The fourth-order valence-electron chi connectivity index (χ4n) is 2.29. The van der Waals surface area contributed by atoms with Crippen LogP contribution in [0.1, 0.15) is 25.3 Å². The van der Waals surface area contributed by atoms with Gasteiger partial charge in [0.05, 0.1) is 6.61 Å². The molecule has 1 fully saturated rings. The molecule has 0 bridgehead atoms. The molecule has 1 aliphatic rings. The van der Waals surface area contributed by atoms with Gasteiger partial charge in [-0.1, -0.05) is 15.9 Å². The van der Waals surface area contributed by atoms with Gasteiger partial charge in [0.1, 0.15) is 0 Å². The third-order valence-corrected chi connectivity index (χ3v) is 4.11. The Balaban J connectivity index is 1.90. The average molecular weight is 341 g/mol. The third kappa shape index (κ3) is 5.08. The number of hydrogen-bond donors (Lipinski definition) is 1. The van der Waals surface area contributed by atoms with Crippen molar-refractivity contribution in [1.29, 1.82) is 0 Å². The highest BCUT2D eigenvalue weighted by atomic mass is 79.9. The van der Waals surface area contributed by atoms with Crippen LogP contribution in [0.3, 0.4) is 0 Å². The number of ether oxygens (including phenoxy) is 1. The molecule has 0 saturated heterocycles. The first-order valence-corrected chi connectivity index (χ1v) is 8.18. The molecule has 20 heavy (non-hydrogen) atoms. The van der Waals surface area contributed by atoms with Gasteiger partial charge >= 0.3 is 0 Å². The fraction of sp³-hybridized carbons (Fsp3) is 0.625. The van der Waals surface area contributed by atoms with E-state index in [0.29, 0.717) is 0 Å². The first kappa shape index (κ1) is 15.8. The lowest BCUT2D eigenvalue weighted by atomic mass is 10.0. The van der Waals surface area contributed by atoms with Gasteiger partial charge in [-0.3, -0.25) is 0 Å². The van der Waals surface area contributed by atoms with Gasteiger partial charge in [0.25, 0.3) is 0 Å². The van der Waals surface area contributed by atoms with Gasteiger partial charge < -0.3 is 15.4 Å². The van der Waals surface area contributed by atoms with E-state index in [9.17, 15) is 0 Å². The predicted molar refractivity (Wildman–Crippen MR) is 88.3 cm³/mol. The van der Waals surface area contributed by atoms with Crippen LogP contribution in [0.2, 0.25) is 0 Å². The summed E-state index contributed by atoms with van der Waals surface area (Å²) in [7, 11) is 2.12. The molecule has 2 rings (SSSR count). The van der Waals surface area contributed by atoms with Crippen LogP contribution < -0.4 is 10.6 Å². The molecule has 112 valence electrons. The number of nitrogens with zero attached hydrogens (tertiary/aromatic N) is 1. The summed E-state index contributed by atoms with van der Waals surface area (Å²) in [5.41, 5.74) is 8.49. The number of benzene rings is 1. The van der Waals surface area contributed by atoms with Gasteiger partial charge in [0.15, 0.2) is 0 Å².